The summed E-state index contributed by atoms with van der Waals surface area (Å²) in [6.45, 7) is 4.77. The maximum absolute atomic E-state index is 13.1. The average molecular weight is 402 g/mol. The highest BCUT2D eigenvalue weighted by Crippen LogP contribution is 2.34. The van der Waals surface area contributed by atoms with E-state index in [9.17, 15) is 23.2 Å². The second kappa shape index (κ2) is 9.78. The van der Waals surface area contributed by atoms with Crippen molar-refractivity contribution in [2.45, 2.75) is 26.4 Å². The number of hydrogen-bond acceptors (Lipinski definition) is 3. The highest BCUT2D eigenvalue weighted by molar-refractivity contribution is 6.10. The molecule has 152 valence electrons. The van der Waals surface area contributed by atoms with Gasteiger partial charge >= 0.3 is 6.18 Å². The van der Waals surface area contributed by atoms with Gasteiger partial charge in [0.15, 0.2) is 0 Å². The van der Waals surface area contributed by atoms with E-state index >= 15 is 0 Å². The Morgan fingerprint density at radius 2 is 1.83 bits per heavy atom. The second-order valence-corrected chi connectivity index (χ2v) is 6.77. The summed E-state index contributed by atoms with van der Waals surface area (Å²) in [5.41, 5.74) is -1.14. The van der Waals surface area contributed by atoms with Crippen LogP contribution in [0.4, 0.5) is 18.9 Å². The Bertz CT molecular complexity index is 911. The number of rotatable bonds is 7. The molecule has 0 heterocycles. The van der Waals surface area contributed by atoms with E-state index in [1.807, 2.05) is 0 Å². The molecule has 1 amide bonds. The zero-order chi connectivity index (χ0) is 21.4. The average Bonchev–Trinajstić information content (AvgIpc) is 2.66. The number of nitriles is 1. The third kappa shape index (κ3) is 6.68. The zero-order valence-corrected chi connectivity index (χ0v) is 16.1. The predicted molar refractivity (Wildman–Crippen MR) is 105 cm³/mol. The standard InChI is InChI=1S/C22H21F3N2O2/c1-15(2)11-12-29-18-9-7-16(8-10-18)13-17(14-26)21(28)27-20-6-4-3-5-19(20)22(23,24)25/h3-10,13,15H,11-12H2,1-2H3,(H,27,28). The van der Waals surface area contributed by atoms with Crippen LogP contribution in [0.5, 0.6) is 5.75 Å². The number of halogens is 3. The maximum atomic E-state index is 13.1. The Kier molecular flexibility index (Phi) is 7.43. The first kappa shape index (κ1) is 22.0. The number of carbonyl (C=O) groups excluding carboxylic acids is 1. The molecule has 1 N–H and O–H groups in total. The fourth-order valence-corrected chi connectivity index (χ4v) is 2.42. The predicted octanol–water partition coefficient (Wildman–Crippen LogP) is 5.68. The summed E-state index contributed by atoms with van der Waals surface area (Å²) >= 11 is 0. The Morgan fingerprint density at radius 3 is 2.41 bits per heavy atom. The van der Waals surface area contributed by atoms with E-state index in [1.54, 1.807) is 30.3 Å². The van der Waals surface area contributed by atoms with Crippen LogP contribution in [-0.2, 0) is 11.0 Å². The number of amides is 1. The minimum absolute atomic E-state index is 0.310. The first-order chi connectivity index (χ1) is 13.7. The van der Waals surface area contributed by atoms with Gasteiger partial charge in [0.2, 0.25) is 0 Å². The fraction of sp³-hybridized carbons (Fsp3) is 0.273. The molecule has 0 spiro atoms. The van der Waals surface area contributed by atoms with E-state index in [4.69, 9.17) is 4.74 Å². The molecule has 7 heteroatoms. The third-order valence-electron chi connectivity index (χ3n) is 4.00. The Hall–Kier alpha value is -3.27. The molecule has 4 nitrogen and oxygen atoms in total. The van der Waals surface area contributed by atoms with Crippen LogP contribution < -0.4 is 10.1 Å². The first-order valence-corrected chi connectivity index (χ1v) is 9.03. The largest absolute Gasteiger partial charge is 0.494 e. The summed E-state index contributed by atoms with van der Waals surface area (Å²) in [6, 6.07) is 13.1. The molecule has 0 fully saturated rings. The molecule has 0 saturated carbocycles. The molecule has 0 aliphatic heterocycles. The normalized spacial score (nSPS) is 11.8. The van der Waals surface area contributed by atoms with Crippen molar-refractivity contribution in [3.05, 3.63) is 65.2 Å². The number of nitrogens with one attached hydrogen (secondary N) is 1. The molecule has 0 radical (unpaired) electrons. The van der Waals surface area contributed by atoms with Crippen molar-refractivity contribution in [2.75, 3.05) is 11.9 Å². The van der Waals surface area contributed by atoms with E-state index in [0.29, 0.717) is 23.8 Å². The van der Waals surface area contributed by atoms with Gasteiger partial charge in [0.1, 0.15) is 17.4 Å². The first-order valence-electron chi connectivity index (χ1n) is 9.03. The van der Waals surface area contributed by atoms with Gasteiger partial charge in [0, 0.05) is 0 Å². The highest BCUT2D eigenvalue weighted by atomic mass is 19.4. The summed E-state index contributed by atoms with van der Waals surface area (Å²) in [7, 11) is 0. The second-order valence-electron chi connectivity index (χ2n) is 6.77. The van der Waals surface area contributed by atoms with Crippen molar-refractivity contribution in [2.24, 2.45) is 5.92 Å². The maximum Gasteiger partial charge on any atom is 0.418 e. The van der Waals surface area contributed by atoms with Gasteiger partial charge in [-0.1, -0.05) is 38.1 Å². The van der Waals surface area contributed by atoms with Gasteiger partial charge in [0.25, 0.3) is 5.91 Å². The molecule has 0 saturated heterocycles. The number of ether oxygens (including phenoxy) is 1. The van der Waals surface area contributed by atoms with E-state index < -0.39 is 23.3 Å². The van der Waals surface area contributed by atoms with Crippen LogP contribution in [0, 0.1) is 17.2 Å². The molecule has 0 aliphatic rings. The van der Waals surface area contributed by atoms with Crippen molar-refractivity contribution >= 4 is 17.7 Å². The molecule has 0 aliphatic carbocycles. The molecule has 0 atom stereocenters. The van der Waals surface area contributed by atoms with Crippen LogP contribution in [0.25, 0.3) is 6.08 Å². The van der Waals surface area contributed by atoms with Gasteiger partial charge < -0.3 is 10.1 Å². The lowest BCUT2D eigenvalue weighted by Crippen LogP contribution is -2.17. The molecule has 2 rings (SSSR count). The van der Waals surface area contributed by atoms with Crippen LogP contribution in [0.2, 0.25) is 0 Å². The number of para-hydroxylation sites is 1. The molecule has 0 aromatic heterocycles. The number of alkyl halides is 3. The van der Waals surface area contributed by atoms with Crippen LogP contribution >= 0.6 is 0 Å². The van der Waals surface area contributed by atoms with Gasteiger partial charge in [-0.25, -0.2) is 0 Å². The molecule has 2 aromatic rings. The monoisotopic (exact) mass is 402 g/mol. The fourth-order valence-electron chi connectivity index (χ4n) is 2.42. The zero-order valence-electron chi connectivity index (χ0n) is 16.1. The summed E-state index contributed by atoms with van der Waals surface area (Å²) in [4.78, 5) is 12.3. The SMILES string of the molecule is CC(C)CCOc1ccc(C=C(C#N)C(=O)Nc2ccccc2C(F)(F)F)cc1. The van der Waals surface area contributed by atoms with E-state index in [1.165, 1.54) is 18.2 Å². The number of benzene rings is 2. The highest BCUT2D eigenvalue weighted by Gasteiger charge is 2.33. The van der Waals surface area contributed by atoms with E-state index in [0.717, 1.165) is 18.6 Å². The van der Waals surface area contributed by atoms with Crippen molar-refractivity contribution in [3.8, 4) is 11.8 Å². The summed E-state index contributed by atoms with van der Waals surface area (Å²) in [5, 5.41) is 11.4. The van der Waals surface area contributed by atoms with E-state index in [-0.39, 0.29) is 5.57 Å². The Morgan fingerprint density at radius 1 is 1.17 bits per heavy atom. The Balaban J connectivity index is 2.12. The van der Waals surface area contributed by atoms with Crippen LogP contribution in [0.15, 0.2) is 54.1 Å². The number of anilines is 1. The molecule has 2 aromatic carbocycles. The van der Waals surface area contributed by atoms with Crippen LogP contribution in [-0.4, -0.2) is 12.5 Å². The third-order valence-corrected chi connectivity index (χ3v) is 4.00. The molecular weight excluding hydrogens is 381 g/mol. The van der Waals surface area contributed by atoms with Gasteiger partial charge in [-0.05, 0) is 48.2 Å². The molecular formula is C22H21F3N2O2. The molecule has 0 bridgehead atoms. The minimum Gasteiger partial charge on any atom is -0.494 e. The lowest BCUT2D eigenvalue weighted by atomic mass is 10.1. The summed E-state index contributed by atoms with van der Waals surface area (Å²) in [6.07, 6.45) is -2.39. The minimum atomic E-state index is -4.62. The van der Waals surface area contributed by atoms with Crippen LogP contribution in [0.3, 0.4) is 0 Å². The van der Waals surface area contributed by atoms with Crippen molar-refractivity contribution in [1.29, 1.82) is 5.26 Å². The quantitative estimate of drug-likeness (QED) is 0.479. The van der Waals surface area contributed by atoms with E-state index in [2.05, 4.69) is 19.2 Å². The number of nitrogens with zero attached hydrogens (tertiary/aromatic N) is 1. The van der Waals surface area contributed by atoms with Gasteiger partial charge in [0.05, 0.1) is 17.9 Å². The smallest absolute Gasteiger partial charge is 0.418 e. The number of carbonyl (C=O) groups is 1. The number of hydrogen-bond donors (Lipinski definition) is 1. The summed E-state index contributed by atoms with van der Waals surface area (Å²) in [5.74, 6) is 0.266. The Labute approximate surface area is 167 Å². The van der Waals surface area contributed by atoms with Gasteiger partial charge in [-0.15, -0.1) is 0 Å². The molecule has 0 unspecified atom stereocenters. The lowest BCUT2D eigenvalue weighted by molar-refractivity contribution is -0.137. The van der Waals surface area contributed by atoms with Crippen LogP contribution in [0.1, 0.15) is 31.4 Å². The topological polar surface area (TPSA) is 62.1 Å². The van der Waals surface area contributed by atoms with Gasteiger partial charge in [-0.2, -0.15) is 18.4 Å². The van der Waals surface area contributed by atoms with Crippen molar-refractivity contribution in [3.63, 3.8) is 0 Å². The van der Waals surface area contributed by atoms with Crippen molar-refractivity contribution < 1.29 is 22.7 Å². The summed E-state index contributed by atoms with van der Waals surface area (Å²) < 4.78 is 44.8. The van der Waals surface area contributed by atoms with Crippen molar-refractivity contribution in [1.82, 2.24) is 0 Å². The lowest BCUT2D eigenvalue weighted by Gasteiger charge is -2.13. The molecule has 29 heavy (non-hydrogen) atoms. The van der Waals surface area contributed by atoms with Gasteiger partial charge in [-0.3, -0.25) is 4.79 Å².